The van der Waals surface area contributed by atoms with Gasteiger partial charge in [-0.25, -0.2) is 8.42 Å². The molecule has 0 fully saturated rings. The van der Waals surface area contributed by atoms with E-state index in [-0.39, 0.29) is 10.6 Å². The number of para-hydroxylation sites is 1. The number of nitrogens with one attached hydrogen (secondary N) is 2. The Bertz CT molecular complexity index is 1330. The molecule has 0 aliphatic heterocycles. The van der Waals surface area contributed by atoms with E-state index in [0.29, 0.717) is 0 Å². The highest BCUT2D eigenvalue weighted by Gasteiger charge is 2.25. The molecule has 0 aliphatic rings. The Morgan fingerprint density at radius 1 is 1.00 bits per heavy atom. The summed E-state index contributed by atoms with van der Waals surface area (Å²) < 4.78 is 29.0. The van der Waals surface area contributed by atoms with Crippen LogP contribution in [0.1, 0.15) is 22.7 Å². The molecule has 0 saturated heterocycles. The minimum absolute atomic E-state index is 0.0365. The fourth-order valence-electron chi connectivity index (χ4n) is 3.46. The first-order valence-electron chi connectivity index (χ1n) is 9.24. The number of nitro groups is 1. The molecule has 0 spiro atoms. The monoisotopic (exact) mass is 421 g/mol. The summed E-state index contributed by atoms with van der Waals surface area (Å²) in [5.41, 5.74) is 3.33. The zero-order valence-corrected chi connectivity index (χ0v) is 16.9. The molecule has 2 N–H and O–H groups in total. The van der Waals surface area contributed by atoms with Crippen molar-refractivity contribution in [3.63, 3.8) is 0 Å². The van der Waals surface area contributed by atoms with Crippen LogP contribution < -0.4 is 4.72 Å². The number of rotatable bonds is 6. The Hall–Kier alpha value is -3.49. The lowest BCUT2D eigenvalue weighted by molar-refractivity contribution is -0.384. The quantitative estimate of drug-likeness (QED) is 0.354. The highest BCUT2D eigenvalue weighted by atomic mass is 32.2. The summed E-state index contributed by atoms with van der Waals surface area (Å²) in [6, 6.07) is 19.5. The number of aromatic amines is 1. The maximum absolute atomic E-state index is 13.1. The Labute approximate surface area is 173 Å². The molecule has 1 heterocycles. The summed E-state index contributed by atoms with van der Waals surface area (Å²) >= 11 is 0. The Morgan fingerprint density at radius 2 is 1.73 bits per heavy atom. The van der Waals surface area contributed by atoms with Crippen LogP contribution in [0, 0.1) is 17.0 Å². The van der Waals surface area contributed by atoms with Crippen molar-refractivity contribution in [1.82, 2.24) is 9.71 Å². The molecule has 0 unspecified atom stereocenters. The first kappa shape index (κ1) is 19.8. The minimum Gasteiger partial charge on any atom is -0.361 e. The van der Waals surface area contributed by atoms with Crippen LogP contribution in [-0.4, -0.2) is 18.3 Å². The number of hydrogen-bond acceptors (Lipinski definition) is 4. The lowest BCUT2D eigenvalue weighted by Crippen LogP contribution is -2.29. The molecule has 152 valence electrons. The van der Waals surface area contributed by atoms with E-state index in [9.17, 15) is 18.5 Å². The largest absolute Gasteiger partial charge is 0.361 e. The number of aryl methyl sites for hydroxylation is 1. The normalized spacial score (nSPS) is 12.7. The topological polar surface area (TPSA) is 105 Å². The van der Waals surface area contributed by atoms with Crippen LogP contribution in [0.2, 0.25) is 0 Å². The van der Waals surface area contributed by atoms with Crippen molar-refractivity contribution < 1.29 is 13.3 Å². The SMILES string of the molecule is Cc1cccc([C@H](NS(=O)(=O)c2ccc([N+](=O)[O-])cc2)c2c[nH]c3ccccc23)c1. The van der Waals surface area contributed by atoms with Gasteiger partial charge in [-0.3, -0.25) is 10.1 Å². The zero-order valence-electron chi connectivity index (χ0n) is 16.1. The highest BCUT2D eigenvalue weighted by Crippen LogP contribution is 2.31. The molecule has 0 saturated carbocycles. The van der Waals surface area contributed by atoms with Crippen LogP contribution >= 0.6 is 0 Å². The molecule has 1 aromatic heterocycles. The van der Waals surface area contributed by atoms with Gasteiger partial charge in [0.25, 0.3) is 5.69 Å². The second kappa shape index (κ2) is 7.74. The summed E-state index contributed by atoms with van der Waals surface area (Å²) in [4.78, 5) is 13.5. The fourth-order valence-corrected chi connectivity index (χ4v) is 4.67. The Morgan fingerprint density at radius 3 is 2.43 bits per heavy atom. The average molecular weight is 421 g/mol. The van der Waals surface area contributed by atoms with E-state index in [2.05, 4.69) is 9.71 Å². The molecule has 0 amide bonds. The first-order valence-corrected chi connectivity index (χ1v) is 10.7. The summed E-state index contributed by atoms with van der Waals surface area (Å²) in [7, 11) is -3.94. The molecular formula is C22H19N3O4S. The van der Waals surface area contributed by atoms with Crippen molar-refractivity contribution in [1.29, 1.82) is 0 Å². The number of fused-ring (bicyclic) bond motifs is 1. The van der Waals surface area contributed by atoms with Crippen molar-refractivity contribution in [3.05, 3.63) is 106 Å². The van der Waals surface area contributed by atoms with Crippen molar-refractivity contribution in [2.75, 3.05) is 0 Å². The third kappa shape index (κ3) is 3.83. The third-order valence-corrected chi connectivity index (χ3v) is 6.38. The second-order valence-electron chi connectivity index (χ2n) is 7.01. The molecule has 1 atom stereocenters. The summed E-state index contributed by atoms with van der Waals surface area (Å²) in [6.07, 6.45) is 1.80. The first-order chi connectivity index (χ1) is 14.3. The van der Waals surface area contributed by atoms with Gasteiger partial charge in [-0.05, 0) is 36.2 Å². The van der Waals surface area contributed by atoms with Gasteiger partial charge in [0.1, 0.15) is 0 Å². The maximum Gasteiger partial charge on any atom is 0.269 e. The van der Waals surface area contributed by atoms with Crippen LogP contribution in [0.5, 0.6) is 0 Å². The molecule has 0 radical (unpaired) electrons. The van der Waals surface area contributed by atoms with E-state index in [1.165, 1.54) is 24.3 Å². The predicted molar refractivity (Wildman–Crippen MR) is 115 cm³/mol. The Balaban J connectivity index is 1.79. The van der Waals surface area contributed by atoms with Gasteiger partial charge < -0.3 is 4.98 Å². The molecule has 7 nitrogen and oxygen atoms in total. The van der Waals surface area contributed by atoms with Crippen LogP contribution in [0.25, 0.3) is 10.9 Å². The summed E-state index contributed by atoms with van der Waals surface area (Å²) in [5, 5.41) is 11.8. The number of nitro benzene ring substituents is 1. The molecule has 4 aromatic rings. The molecule has 8 heteroatoms. The van der Waals surface area contributed by atoms with Gasteiger partial charge in [0.15, 0.2) is 0 Å². The maximum atomic E-state index is 13.1. The number of non-ortho nitro benzene ring substituents is 1. The van der Waals surface area contributed by atoms with Crippen molar-refractivity contribution in [3.8, 4) is 0 Å². The number of aromatic nitrogens is 1. The average Bonchev–Trinajstić information content (AvgIpc) is 3.16. The van der Waals surface area contributed by atoms with E-state index >= 15 is 0 Å². The van der Waals surface area contributed by atoms with Crippen molar-refractivity contribution in [2.24, 2.45) is 0 Å². The molecule has 3 aromatic carbocycles. The van der Waals surface area contributed by atoms with Crippen LogP contribution in [0.3, 0.4) is 0 Å². The minimum atomic E-state index is -3.94. The van der Waals surface area contributed by atoms with E-state index in [4.69, 9.17) is 0 Å². The van der Waals surface area contributed by atoms with Crippen LogP contribution in [0.4, 0.5) is 5.69 Å². The lowest BCUT2D eigenvalue weighted by atomic mass is 9.98. The van der Waals surface area contributed by atoms with Gasteiger partial charge in [-0.15, -0.1) is 0 Å². The van der Waals surface area contributed by atoms with E-state index in [0.717, 1.165) is 27.6 Å². The van der Waals surface area contributed by atoms with E-state index in [1.54, 1.807) is 6.20 Å². The fraction of sp³-hybridized carbons (Fsp3) is 0.0909. The number of nitrogens with zero attached hydrogens (tertiary/aromatic N) is 1. The molecule has 0 bridgehead atoms. The highest BCUT2D eigenvalue weighted by molar-refractivity contribution is 7.89. The number of sulfonamides is 1. The number of hydrogen-bond donors (Lipinski definition) is 2. The molecule has 30 heavy (non-hydrogen) atoms. The van der Waals surface area contributed by atoms with Crippen LogP contribution in [-0.2, 0) is 10.0 Å². The second-order valence-corrected chi connectivity index (χ2v) is 8.72. The lowest BCUT2D eigenvalue weighted by Gasteiger charge is -2.20. The molecule has 0 aliphatic carbocycles. The van der Waals surface area contributed by atoms with Gasteiger partial charge in [-0.1, -0.05) is 48.0 Å². The predicted octanol–water partition coefficient (Wildman–Crippen LogP) is 4.45. The van der Waals surface area contributed by atoms with Gasteiger partial charge in [0.2, 0.25) is 10.0 Å². The zero-order chi connectivity index (χ0) is 21.3. The van der Waals surface area contributed by atoms with Gasteiger partial charge >= 0.3 is 0 Å². The van der Waals surface area contributed by atoms with Gasteiger partial charge in [0.05, 0.1) is 15.9 Å². The molecular weight excluding hydrogens is 402 g/mol. The summed E-state index contributed by atoms with van der Waals surface area (Å²) in [6.45, 7) is 1.95. The smallest absolute Gasteiger partial charge is 0.269 e. The Kier molecular flexibility index (Phi) is 5.11. The van der Waals surface area contributed by atoms with E-state index < -0.39 is 21.0 Å². The van der Waals surface area contributed by atoms with Crippen molar-refractivity contribution >= 4 is 26.6 Å². The number of H-pyrrole nitrogens is 1. The summed E-state index contributed by atoms with van der Waals surface area (Å²) in [5.74, 6) is 0. The molecule has 4 rings (SSSR count). The van der Waals surface area contributed by atoms with Gasteiger partial charge in [0, 0.05) is 29.2 Å². The number of benzene rings is 3. The standard InChI is InChI=1S/C22H19N3O4S/c1-15-5-4-6-16(13-15)22(20-14-23-21-8-3-2-7-19(20)21)24-30(28,29)18-11-9-17(10-12-18)25(26)27/h2-14,22-24H,1H3/t22-/m0/s1. The van der Waals surface area contributed by atoms with Crippen LogP contribution in [0.15, 0.2) is 83.9 Å². The van der Waals surface area contributed by atoms with E-state index in [1.807, 2.05) is 55.5 Å². The third-order valence-electron chi connectivity index (χ3n) is 4.94. The van der Waals surface area contributed by atoms with Gasteiger partial charge in [-0.2, -0.15) is 4.72 Å². The van der Waals surface area contributed by atoms with Crippen molar-refractivity contribution in [2.45, 2.75) is 17.9 Å².